The summed E-state index contributed by atoms with van der Waals surface area (Å²) in [6.45, 7) is 0. The molecule has 0 saturated carbocycles. The summed E-state index contributed by atoms with van der Waals surface area (Å²) >= 11 is 0. The second-order valence-electron chi connectivity index (χ2n) is 5.10. The standard InChI is InChI=1S/C18H19NO3/c1-20-16-10-13(11-17(21-2)18(16)22-3)19-15-9-8-12-6-4-5-7-14(12)15/h4-7,10-11H,8-9H2,1-3H3/b19-15-. The first-order valence-electron chi connectivity index (χ1n) is 7.22. The SMILES string of the molecule is COc1cc(/N=C2/CCc3ccccc32)cc(OC)c1OC. The maximum atomic E-state index is 5.38. The van der Waals surface area contributed by atoms with Gasteiger partial charge in [-0.1, -0.05) is 24.3 Å². The molecular weight excluding hydrogens is 278 g/mol. The van der Waals surface area contributed by atoms with Crippen molar-refractivity contribution in [1.82, 2.24) is 0 Å². The molecule has 4 nitrogen and oxygen atoms in total. The zero-order valence-corrected chi connectivity index (χ0v) is 13.1. The predicted molar refractivity (Wildman–Crippen MR) is 87.1 cm³/mol. The largest absolute Gasteiger partial charge is 0.493 e. The average molecular weight is 297 g/mol. The Labute approximate surface area is 130 Å². The van der Waals surface area contributed by atoms with Crippen LogP contribution in [0.1, 0.15) is 17.5 Å². The van der Waals surface area contributed by atoms with Gasteiger partial charge in [-0.25, -0.2) is 0 Å². The van der Waals surface area contributed by atoms with E-state index in [-0.39, 0.29) is 0 Å². The minimum absolute atomic E-state index is 0.584. The van der Waals surface area contributed by atoms with Crippen LogP contribution < -0.4 is 14.2 Å². The summed E-state index contributed by atoms with van der Waals surface area (Å²) in [7, 11) is 4.82. The molecule has 0 atom stereocenters. The molecule has 0 radical (unpaired) electrons. The third-order valence-corrected chi connectivity index (χ3v) is 3.87. The van der Waals surface area contributed by atoms with E-state index in [4.69, 9.17) is 19.2 Å². The van der Waals surface area contributed by atoms with Gasteiger partial charge < -0.3 is 14.2 Å². The van der Waals surface area contributed by atoms with E-state index >= 15 is 0 Å². The highest BCUT2D eigenvalue weighted by Crippen LogP contribution is 2.41. The lowest BCUT2D eigenvalue weighted by molar-refractivity contribution is 0.324. The van der Waals surface area contributed by atoms with Gasteiger partial charge >= 0.3 is 0 Å². The van der Waals surface area contributed by atoms with Gasteiger partial charge in [-0.2, -0.15) is 0 Å². The van der Waals surface area contributed by atoms with Crippen LogP contribution in [0.4, 0.5) is 5.69 Å². The van der Waals surface area contributed by atoms with Crippen LogP contribution in [0.2, 0.25) is 0 Å². The Balaban J connectivity index is 2.05. The highest BCUT2D eigenvalue weighted by atomic mass is 16.5. The smallest absolute Gasteiger partial charge is 0.203 e. The summed E-state index contributed by atoms with van der Waals surface area (Å²) in [5.74, 6) is 1.82. The minimum atomic E-state index is 0.584. The Morgan fingerprint density at radius 3 is 2.18 bits per heavy atom. The Morgan fingerprint density at radius 2 is 1.55 bits per heavy atom. The Kier molecular flexibility index (Phi) is 4.00. The highest BCUT2D eigenvalue weighted by molar-refractivity contribution is 6.05. The summed E-state index contributed by atoms with van der Waals surface area (Å²) in [6, 6.07) is 12.1. The summed E-state index contributed by atoms with van der Waals surface area (Å²) in [4.78, 5) is 4.79. The van der Waals surface area contributed by atoms with Gasteiger partial charge in [0.15, 0.2) is 11.5 Å². The molecule has 0 bridgehead atoms. The quantitative estimate of drug-likeness (QED) is 0.862. The molecule has 0 spiro atoms. The maximum Gasteiger partial charge on any atom is 0.203 e. The van der Waals surface area contributed by atoms with Gasteiger partial charge in [0.2, 0.25) is 5.75 Å². The monoisotopic (exact) mass is 297 g/mol. The molecular formula is C18H19NO3. The molecule has 0 unspecified atom stereocenters. The molecule has 4 heteroatoms. The van der Waals surface area contributed by atoms with Crippen molar-refractivity contribution in [3.8, 4) is 17.2 Å². The molecule has 2 aromatic rings. The van der Waals surface area contributed by atoms with E-state index in [1.165, 1.54) is 11.1 Å². The van der Waals surface area contributed by atoms with E-state index in [1.807, 2.05) is 12.1 Å². The van der Waals surface area contributed by atoms with Crippen molar-refractivity contribution in [2.75, 3.05) is 21.3 Å². The minimum Gasteiger partial charge on any atom is -0.493 e. The van der Waals surface area contributed by atoms with Crippen molar-refractivity contribution in [1.29, 1.82) is 0 Å². The van der Waals surface area contributed by atoms with Crippen molar-refractivity contribution in [3.63, 3.8) is 0 Å². The molecule has 22 heavy (non-hydrogen) atoms. The summed E-state index contributed by atoms with van der Waals surface area (Å²) in [5.41, 5.74) is 4.50. The van der Waals surface area contributed by atoms with Crippen molar-refractivity contribution >= 4 is 11.4 Å². The summed E-state index contributed by atoms with van der Waals surface area (Å²) in [6.07, 6.45) is 2.00. The Morgan fingerprint density at radius 1 is 0.864 bits per heavy atom. The number of aryl methyl sites for hydroxylation is 1. The van der Waals surface area contributed by atoms with E-state index in [1.54, 1.807) is 21.3 Å². The summed E-state index contributed by atoms with van der Waals surface area (Å²) in [5, 5.41) is 0. The van der Waals surface area contributed by atoms with Crippen LogP contribution in [0.25, 0.3) is 0 Å². The number of aliphatic imine (C=N–C) groups is 1. The van der Waals surface area contributed by atoms with E-state index in [0.29, 0.717) is 17.2 Å². The molecule has 0 N–H and O–H groups in total. The van der Waals surface area contributed by atoms with Gasteiger partial charge in [0.1, 0.15) is 0 Å². The first-order chi connectivity index (χ1) is 10.8. The van der Waals surface area contributed by atoms with Crippen molar-refractivity contribution in [3.05, 3.63) is 47.5 Å². The zero-order chi connectivity index (χ0) is 15.5. The molecule has 1 aliphatic rings. The fraction of sp³-hybridized carbons (Fsp3) is 0.278. The van der Waals surface area contributed by atoms with Gasteiger partial charge in [-0.3, -0.25) is 4.99 Å². The number of benzene rings is 2. The number of hydrogen-bond donors (Lipinski definition) is 0. The Bertz CT molecular complexity index is 697. The topological polar surface area (TPSA) is 40.0 Å². The third kappa shape index (κ3) is 2.52. The summed E-state index contributed by atoms with van der Waals surface area (Å²) < 4.78 is 16.1. The van der Waals surface area contributed by atoms with E-state index in [2.05, 4.69) is 24.3 Å². The second kappa shape index (κ2) is 6.10. The first-order valence-corrected chi connectivity index (χ1v) is 7.22. The number of nitrogens with zero attached hydrogens (tertiary/aromatic N) is 1. The van der Waals surface area contributed by atoms with Gasteiger partial charge in [0.25, 0.3) is 0 Å². The fourth-order valence-corrected chi connectivity index (χ4v) is 2.81. The van der Waals surface area contributed by atoms with Crippen LogP contribution in [-0.2, 0) is 6.42 Å². The zero-order valence-electron chi connectivity index (χ0n) is 13.1. The van der Waals surface area contributed by atoms with E-state index in [9.17, 15) is 0 Å². The third-order valence-electron chi connectivity index (χ3n) is 3.87. The molecule has 1 aliphatic carbocycles. The lowest BCUT2D eigenvalue weighted by atomic mass is 10.1. The van der Waals surface area contributed by atoms with Crippen LogP contribution >= 0.6 is 0 Å². The van der Waals surface area contributed by atoms with Gasteiger partial charge in [0, 0.05) is 17.8 Å². The number of hydrogen-bond acceptors (Lipinski definition) is 4. The second-order valence-corrected chi connectivity index (χ2v) is 5.10. The van der Waals surface area contributed by atoms with Gasteiger partial charge in [-0.05, 0) is 24.0 Å². The van der Waals surface area contributed by atoms with Crippen molar-refractivity contribution in [2.45, 2.75) is 12.8 Å². The molecule has 114 valence electrons. The normalized spacial score (nSPS) is 14.8. The molecule has 0 saturated heterocycles. The molecule has 0 amide bonds. The van der Waals surface area contributed by atoms with Crippen LogP contribution in [0.15, 0.2) is 41.4 Å². The Hall–Kier alpha value is -2.49. The number of ether oxygens (including phenoxy) is 3. The van der Waals surface area contributed by atoms with Crippen LogP contribution in [-0.4, -0.2) is 27.0 Å². The fourth-order valence-electron chi connectivity index (χ4n) is 2.81. The number of rotatable bonds is 4. The molecule has 0 aliphatic heterocycles. The van der Waals surface area contributed by atoms with Crippen LogP contribution in [0, 0.1) is 0 Å². The number of methoxy groups -OCH3 is 3. The van der Waals surface area contributed by atoms with Gasteiger partial charge in [-0.15, -0.1) is 0 Å². The molecule has 3 rings (SSSR count). The van der Waals surface area contributed by atoms with Crippen molar-refractivity contribution in [2.24, 2.45) is 4.99 Å². The van der Waals surface area contributed by atoms with E-state index in [0.717, 1.165) is 24.2 Å². The number of fused-ring (bicyclic) bond motifs is 1. The van der Waals surface area contributed by atoms with Crippen LogP contribution in [0.3, 0.4) is 0 Å². The molecule has 0 heterocycles. The molecule has 0 fully saturated rings. The lowest BCUT2D eigenvalue weighted by Gasteiger charge is -2.13. The maximum absolute atomic E-state index is 5.38. The lowest BCUT2D eigenvalue weighted by Crippen LogP contribution is -1.96. The van der Waals surface area contributed by atoms with E-state index < -0.39 is 0 Å². The molecule has 2 aromatic carbocycles. The predicted octanol–water partition coefficient (Wildman–Crippen LogP) is 3.78. The average Bonchev–Trinajstić information content (AvgIpc) is 2.97. The van der Waals surface area contributed by atoms with Crippen LogP contribution in [0.5, 0.6) is 17.2 Å². The first kappa shape index (κ1) is 14.4. The molecule has 0 aromatic heterocycles. The highest BCUT2D eigenvalue weighted by Gasteiger charge is 2.18. The van der Waals surface area contributed by atoms with Crippen molar-refractivity contribution < 1.29 is 14.2 Å². The van der Waals surface area contributed by atoms with Gasteiger partial charge in [0.05, 0.1) is 27.0 Å².